The van der Waals surface area contributed by atoms with E-state index in [0.717, 1.165) is 13.1 Å². The van der Waals surface area contributed by atoms with Crippen molar-refractivity contribution in [1.82, 2.24) is 10.2 Å². The van der Waals surface area contributed by atoms with Gasteiger partial charge in [-0.1, -0.05) is 20.3 Å². The first-order valence-corrected chi connectivity index (χ1v) is 5.65. The van der Waals surface area contributed by atoms with Gasteiger partial charge in [0, 0.05) is 13.6 Å². The predicted molar refractivity (Wildman–Crippen MR) is 64.0 cm³/mol. The molecule has 0 saturated heterocycles. The second kappa shape index (κ2) is 9.00. The summed E-state index contributed by atoms with van der Waals surface area (Å²) in [6, 6.07) is 0.388. The Morgan fingerprint density at radius 3 is 2.64 bits per heavy atom. The zero-order valence-electron chi connectivity index (χ0n) is 10.1. The number of nitrogens with one attached hydrogen (secondary N) is 1. The van der Waals surface area contributed by atoms with Gasteiger partial charge in [-0.15, -0.1) is 0 Å². The van der Waals surface area contributed by atoms with Gasteiger partial charge < -0.3 is 10.2 Å². The Bertz CT molecular complexity index is 145. The number of unbranched alkanes of at least 4 members (excludes halogenated alkanes) is 1. The molecule has 0 aliphatic heterocycles. The molecule has 0 fully saturated rings. The number of aliphatic imine (C=N–C) groups is 1. The van der Waals surface area contributed by atoms with E-state index in [4.69, 9.17) is 0 Å². The maximum Gasteiger partial charge on any atom is 0.0825 e. The highest BCUT2D eigenvalue weighted by Gasteiger charge is 2.05. The van der Waals surface area contributed by atoms with E-state index >= 15 is 0 Å². The fourth-order valence-corrected chi connectivity index (χ4v) is 1.38. The lowest BCUT2D eigenvalue weighted by atomic mass is 10.2. The summed E-state index contributed by atoms with van der Waals surface area (Å²) < 4.78 is 0. The lowest BCUT2D eigenvalue weighted by Crippen LogP contribution is -2.31. The van der Waals surface area contributed by atoms with Gasteiger partial charge in [-0.3, -0.25) is 4.99 Å². The summed E-state index contributed by atoms with van der Waals surface area (Å²) in [5.41, 5.74) is 0. The average Bonchev–Trinajstić information content (AvgIpc) is 2.21. The van der Waals surface area contributed by atoms with Crippen LogP contribution in [-0.2, 0) is 0 Å². The van der Waals surface area contributed by atoms with Crippen molar-refractivity contribution in [2.45, 2.75) is 39.7 Å². The molecule has 0 spiro atoms. The molecule has 0 radical (unpaired) electrons. The highest BCUT2D eigenvalue weighted by atomic mass is 15.1. The van der Waals surface area contributed by atoms with Crippen molar-refractivity contribution in [3.8, 4) is 0 Å². The first-order chi connectivity index (χ1) is 6.74. The highest BCUT2D eigenvalue weighted by molar-refractivity contribution is 5.53. The van der Waals surface area contributed by atoms with Gasteiger partial charge in [0.1, 0.15) is 0 Å². The largest absolute Gasteiger partial charge is 0.380 e. The maximum absolute atomic E-state index is 4.36. The number of likely N-dealkylation sites (N-methyl/N-ethyl adjacent to an activating group) is 1. The number of hydrogen-bond donors (Lipinski definition) is 1. The summed E-state index contributed by atoms with van der Waals surface area (Å²) in [6.07, 6.45) is 4.33. The molecule has 0 amide bonds. The fourth-order valence-electron chi connectivity index (χ4n) is 1.38. The quantitative estimate of drug-likeness (QED) is 0.476. The molecule has 84 valence electrons. The standard InChI is InChI=1S/C11H25N3/c1-5-7-8-14(6-2)9-11(3)13-10-12-4/h10-11H,5-9H2,1-4H3,(H,12,13). The van der Waals surface area contributed by atoms with Crippen molar-refractivity contribution in [3.63, 3.8) is 0 Å². The number of rotatable bonds is 8. The highest BCUT2D eigenvalue weighted by Crippen LogP contribution is 1.98. The van der Waals surface area contributed by atoms with Crippen LogP contribution >= 0.6 is 0 Å². The topological polar surface area (TPSA) is 27.6 Å². The van der Waals surface area contributed by atoms with Crippen LogP contribution in [0.25, 0.3) is 0 Å². The number of hydrogen-bond acceptors (Lipinski definition) is 2. The van der Waals surface area contributed by atoms with Crippen LogP contribution in [0.3, 0.4) is 0 Å². The number of nitrogens with zero attached hydrogens (tertiary/aromatic N) is 2. The van der Waals surface area contributed by atoms with Gasteiger partial charge in [0.05, 0.1) is 12.4 Å². The molecule has 0 saturated carbocycles. The van der Waals surface area contributed by atoms with Gasteiger partial charge in [0.2, 0.25) is 0 Å². The SMILES string of the molecule is CCCCN(CC)CC(C)/N=C/NC. The van der Waals surface area contributed by atoms with E-state index in [2.05, 4.69) is 36.0 Å². The van der Waals surface area contributed by atoms with Crippen LogP contribution in [0.2, 0.25) is 0 Å². The Labute approximate surface area is 88.6 Å². The molecule has 0 rings (SSSR count). The van der Waals surface area contributed by atoms with Crippen LogP contribution in [0.15, 0.2) is 4.99 Å². The molecule has 0 heterocycles. The van der Waals surface area contributed by atoms with Gasteiger partial charge in [-0.2, -0.15) is 0 Å². The van der Waals surface area contributed by atoms with Crippen LogP contribution in [-0.4, -0.2) is 44.0 Å². The van der Waals surface area contributed by atoms with Gasteiger partial charge in [0.25, 0.3) is 0 Å². The monoisotopic (exact) mass is 199 g/mol. The summed E-state index contributed by atoms with van der Waals surface area (Å²) in [6.45, 7) is 9.99. The molecule has 0 aliphatic rings. The van der Waals surface area contributed by atoms with E-state index in [1.54, 1.807) is 6.34 Å². The van der Waals surface area contributed by atoms with Crippen LogP contribution in [0, 0.1) is 0 Å². The molecule has 14 heavy (non-hydrogen) atoms. The normalized spacial score (nSPS) is 13.8. The first kappa shape index (κ1) is 13.4. The van der Waals surface area contributed by atoms with E-state index in [-0.39, 0.29) is 0 Å². The molecule has 0 bridgehead atoms. The third-order valence-corrected chi connectivity index (χ3v) is 2.26. The van der Waals surface area contributed by atoms with Crippen molar-refractivity contribution in [3.05, 3.63) is 0 Å². The summed E-state index contributed by atoms with van der Waals surface area (Å²) >= 11 is 0. The van der Waals surface area contributed by atoms with E-state index in [0.29, 0.717) is 6.04 Å². The smallest absolute Gasteiger partial charge is 0.0825 e. The summed E-state index contributed by atoms with van der Waals surface area (Å²) in [5, 5.41) is 2.92. The second-order valence-corrected chi connectivity index (χ2v) is 3.66. The minimum absolute atomic E-state index is 0.388. The zero-order chi connectivity index (χ0) is 10.8. The van der Waals surface area contributed by atoms with Crippen molar-refractivity contribution in [2.24, 2.45) is 4.99 Å². The molecule has 0 aliphatic carbocycles. The molecular formula is C11H25N3. The van der Waals surface area contributed by atoms with Crippen LogP contribution in [0.4, 0.5) is 0 Å². The first-order valence-electron chi connectivity index (χ1n) is 5.65. The molecule has 0 aromatic rings. The van der Waals surface area contributed by atoms with E-state index < -0.39 is 0 Å². The van der Waals surface area contributed by atoms with Crippen molar-refractivity contribution < 1.29 is 0 Å². The van der Waals surface area contributed by atoms with E-state index in [1.165, 1.54) is 19.4 Å². The Morgan fingerprint density at radius 1 is 1.43 bits per heavy atom. The molecule has 1 unspecified atom stereocenters. The minimum Gasteiger partial charge on any atom is -0.380 e. The third-order valence-electron chi connectivity index (χ3n) is 2.26. The average molecular weight is 199 g/mol. The molecule has 3 heteroatoms. The molecule has 3 nitrogen and oxygen atoms in total. The Kier molecular flexibility index (Phi) is 8.64. The molecule has 1 atom stereocenters. The van der Waals surface area contributed by atoms with Crippen LogP contribution in [0.5, 0.6) is 0 Å². The fraction of sp³-hybridized carbons (Fsp3) is 0.909. The molecular weight excluding hydrogens is 174 g/mol. The summed E-state index contributed by atoms with van der Waals surface area (Å²) in [5.74, 6) is 0. The van der Waals surface area contributed by atoms with Crippen LogP contribution in [0.1, 0.15) is 33.6 Å². The summed E-state index contributed by atoms with van der Waals surface area (Å²) in [7, 11) is 1.88. The zero-order valence-corrected chi connectivity index (χ0v) is 10.1. The third kappa shape index (κ3) is 6.89. The molecule has 1 N–H and O–H groups in total. The van der Waals surface area contributed by atoms with Gasteiger partial charge in [0.15, 0.2) is 0 Å². The van der Waals surface area contributed by atoms with Crippen molar-refractivity contribution in [1.29, 1.82) is 0 Å². The van der Waals surface area contributed by atoms with Gasteiger partial charge in [-0.05, 0) is 26.4 Å². The summed E-state index contributed by atoms with van der Waals surface area (Å²) in [4.78, 5) is 6.82. The Morgan fingerprint density at radius 2 is 2.14 bits per heavy atom. The van der Waals surface area contributed by atoms with Gasteiger partial charge >= 0.3 is 0 Å². The maximum atomic E-state index is 4.36. The van der Waals surface area contributed by atoms with E-state index in [1.807, 2.05) is 7.05 Å². The molecule has 0 aromatic carbocycles. The van der Waals surface area contributed by atoms with Gasteiger partial charge in [-0.25, -0.2) is 0 Å². The second-order valence-electron chi connectivity index (χ2n) is 3.66. The molecule has 0 aromatic heterocycles. The lowest BCUT2D eigenvalue weighted by Gasteiger charge is -2.21. The lowest BCUT2D eigenvalue weighted by molar-refractivity contribution is 0.271. The minimum atomic E-state index is 0.388. The van der Waals surface area contributed by atoms with Crippen molar-refractivity contribution >= 4 is 6.34 Å². The van der Waals surface area contributed by atoms with Crippen molar-refractivity contribution in [2.75, 3.05) is 26.7 Å². The van der Waals surface area contributed by atoms with E-state index in [9.17, 15) is 0 Å². The Hall–Kier alpha value is -0.570. The van der Waals surface area contributed by atoms with Crippen LogP contribution < -0.4 is 5.32 Å². The predicted octanol–water partition coefficient (Wildman–Crippen LogP) is 1.74. The Balaban J connectivity index is 3.73.